The number of hydrogen-bond acceptors (Lipinski definition) is 5. The molecule has 1 fully saturated rings. The van der Waals surface area contributed by atoms with Crippen LogP contribution in [0.15, 0.2) is 24.3 Å². The van der Waals surface area contributed by atoms with Crippen molar-refractivity contribution < 1.29 is 24.2 Å². The number of amides is 1. The normalized spacial score (nSPS) is 19.0. The van der Waals surface area contributed by atoms with E-state index < -0.39 is 18.0 Å². The maximum absolute atomic E-state index is 12.1. The fourth-order valence-electron chi connectivity index (χ4n) is 2.49. The fourth-order valence-corrected chi connectivity index (χ4v) is 2.49. The molecule has 0 aromatic heterocycles. The summed E-state index contributed by atoms with van der Waals surface area (Å²) in [4.78, 5) is 25.9. The van der Waals surface area contributed by atoms with E-state index in [2.05, 4.69) is 0 Å². The number of benzene rings is 1. The van der Waals surface area contributed by atoms with Crippen LogP contribution in [0.25, 0.3) is 0 Å². The van der Waals surface area contributed by atoms with Crippen LogP contribution >= 0.6 is 0 Å². The third-order valence-corrected chi connectivity index (χ3v) is 3.84. The highest BCUT2D eigenvalue weighted by atomic mass is 16.5. The average Bonchev–Trinajstić information content (AvgIpc) is 2.93. The van der Waals surface area contributed by atoms with E-state index in [1.54, 1.807) is 4.90 Å². The van der Waals surface area contributed by atoms with Crippen molar-refractivity contribution in [2.24, 2.45) is 5.92 Å². The number of aliphatic hydroxyl groups excluding tert-OH is 1. The van der Waals surface area contributed by atoms with Crippen LogP contribution in [-0.2, 0) is 19.1 Å². The molecule has 0 saturated carbocycles. The van der Waals surface area contributed by atoms with Gasteiger partial charge in [-0.2, -0.15) is 0 Å². The number of aryl methyl sites for hydroxylation is 1. The van der Waals surface area contributed by atoms with Gasteiger partial charge in [0.1, 0.15) is 12.7 Å². The van der Waals surface area contributed by atoms with Crippen LogP contribution in [0.4, 0.5) is 5.69 Å². The van der Waals surface area contributed by atoms with Crippen molar-refractivity contribution in [3.8, 4) is 0 Å². The maximum Gasteiger partial charge on any atom is 0.311 e. The summed E-state index contributed by atoms with van der Waals surface area (Å²) in [6.07, 6.45) is -0.724. The lowest BCUT2D eigenvalue weighted by molar-refractivity contribution is -0.152. The molecule has 6 heteroatoms. The lowest BCUT2D eigenvalue weighted by Crippen LogP contribution is -2.29. The van der Waals surface area contributed by atoms with E-state index in [0.29, 0.717) is 6.54 Å². The Morgan fingerprint density at radius 3 is 2.58 bits per heavy atom. The predicted molar refractivity (Wildman–Crippen MR) is 89.7 cm³/mol. The van der Waals surface area contributed by atoms with E-state index >= 15 is 0 Å². The summed E-state index contributed by atoms with van der Waals surface area (Å²) in [5.74, 6) is -1.05. The molecule has 1 heterocycles. The number of carbonyl (C=O) groups is 2. The highest BCUT2D eigenvalue weighted by Gasteiger charge is 2.36. The molecule has 1 saturated heterocycles. The number of carbonyl (C=O) groups excluding carboxylic acids is 2. The van der Waals surface area contributed by atoms with Crippen molar-refractivity contribution in [1.82, 2.24) is 0 Å². The molecule has 0 unspecified atom stereocenters. The van der Waals surface area contributed by atoms with E-state index in [0.717, 1.165) is 11.3 Å². The lowest BCUT2D eigenvalue weighted by Gasteiger charge is -2.17. The Morgan fingerprint density at radius 1 is 1.29 bits per heavy atom. The monoisotopic (exact) mass is 335 g/mol. The number of ether oxygens (including phenoxy) is 2. The lowest BCUT2D eigenvalue weighted by atomic mass is 10.1. The number of anilines is 1. The first-order valence-electron chi connectivity index (χ1n) is 8.20. The molecule has 0 bridgehead atoms. The average molecular weight is 335 g/mol. The van der Waals surface area contributed by atoms with Crippen LogP contribution in [-0.4, -0.2) is 48.9 Å². The standard InChI is InChI=1S/C18H25NO5/c1-12(2)23-10-16(20)11-24-18(22)14-8-17(21)19(9-14)15-6-4-13(3)5-7-15/h4-7,12,14,16,20H,8-11H2,1-3H3/t14-,16-/m0/s1. The van der Waals surface area contributed by atoms with Crippen molar-refractivity contribution in [1.29, 1.82) is 0 Å². The second-order valence-corrected chi connectivity index (χ2v) is 6.41. The smallest absolute Gasteiger partial charge is 0.311 e. The summed E-state index contributed by atoms with van der Waals surface area (Å²) in [7, 11) is 0. The minimum absolute atomic E-state index is 0.00544. The topological polar surface area (TPSA) is 76.1 Å². The summed E-state index contributed by atoms with van der Waals surface area (Å²) in [5, 5.41) is 9.72. The number of hydrogen-bond donors (Lipinski definition) is 1. The zero-order chi connectivity index (χ0) is 17.7. The van der Waals surface area contributed by atoms with Gasteiger partial charge < -0.3 is 19.5 Å². The first-order valence-corrected chi connectivity index (χ1v) is 8.20. The Balaban J connectivity index is 1.84. The molecule has 0 spiro atoms. The molecule has 1 aromatic carbocycles. The number of aliphatic hydroxyl groups is 1. The number of rotatable bonds is 7. The molecule has 132 valence electrons. The van der Waals surface area contributed by atoms with E-state index in [1.165, 1.54) is 0 Å². The van der Waals surface area contributed by atoms with Crippen molar-refractivity contribution in [2.75, 3.05) is 24.7 Å². The van der Waals surface area contributed by atoms with Gasteiger partial charge in [0.2, 0.25) is 5.91 Å². The van der Waals surface area contributed by atoms with Gasteiger partial charge in [0, 0.05) is 18.7 Å². The van der Waals surface area contributed by atoms with Crippen molar-refractivity contribution in [2.45, 2.75) is 39.4 Å². The zero-order valence-electron chi connectivity index (χ0n) is 14.4. The summed E-state index contributed by atoms with van der Waals surface area (Å²) < 4.78 is 10.4. The maximum atomic E-state index is 12.1. The van der Waals surface area contributed by atoms with Gasteiger partial charge in [-0.1, -0.05) is 17.7 Å². The Labute approximate surface area is 142 Å². The predicted octanol–water partition coefficient (Wildman–Crippen LogP) is 1.68. The molecule has 1 aliphatic heterocycles. The van der Waals surface area contributed by atoms with Crippen LogP contribution < -0.4 is 4.90 Å². The number of nitrogens with zero attached hydrogens (tertiary/aromatic N) is 1. The van der Waals surface area contributed by atoms with E-state index in [1.807, 2.05) is 45.0 Å². The van der Waals surface area contributed by atoms with Gasteiger partial charge in [-0.3, -0.25) is 9.59 Å². The molecule has 0 radical (unpaired) electrons. The first-order chi connectivity index (χ1) is 11.4. The first kappa shape index (κ1) is 18.4. The minimum atomic E-state index is -0.860. The summed E-state index contributed by atoms with van der Waals surface area (Å²) >= 11 is 0. The van der Waals surface area contributed by atoms with E-state index in [4.69, 9.17) is 9.47 Å². The zero-order valence-corrected chi connectivity index (χ0v) is 14.4. The quantitative estimate of drug-likeness (QED) is 0.767. The fraction of sp³-hybridized carbons (Fsp3) is 0.556. The van der Waals surface area contributed by atoms with Gasteiger partial charge in [0.25, 0.3) is 0 Å². The van der Waals surface area contributed by atoms with Crippen molar-refractivity contribution >= 4 is 17.6 Å². The molecule has 2 rings (SSSR count). The second-order valence-electron chi connectivity index (χ2n) is 6.41. The Morgan fingerprint density at radius 2 is 1.96 bits per heavy atom. The molecule has 1 amide bonds. The molecular weight excluding hydrogens is 310 g/mol. The SMILES string of the molecule is Cc1ccc(N2C[C@@H](C(=O)OC[C@@H](O)COC(C)C)CC2=O)cc1. The van der Waals surface area contributed by atoms with E-state index in [9.17, 15) is 14.7 Å². The largest absolute Gasteiger partial charge is 0.463 e. The molecule has 1 aliphatic rings. The Hall–Kier alpha value is -1.92. The van der Waals surface area contributed by atoms with Crippen LogP contribution in [0, 0.1) is 12.8 Å². The summed E-state index contributed by atoms with van der Waals surface area (Å²) in [5.41, 5.74) is 1.89. The second kappa shape index (κ2) is 8.26. The third-order valence-electron chi connectivity index (χ3n) is 3.84. The van der Waals surface area contributed by atoms with Crippen molar-refractivity contribution in [3.05, 3.63) is 29.8 Å². The molecule has 6 nitrogen and oxygen atoms in total. The Kier molecular flexibility index (Phi) is 6.34. The van der Waals surface area contributed by atoms with E-state index in [-0.39, 0.29) is 31.6 Å². The molecular formula is C18H25NO5. The highest BCUT2D eigenvalue weighted by molar-refractivity contribution is 5.99. The van der Waals surface area contributed by atoms with Crippen LogP contribution in [0.3, 0.4) is 0 Å². The van der Waals surface area contributed by atoms with Gasteiger partial charge >= 0.3 is 5.97 Å². The van der Waals surface area contributed by atoms with Crippen LogP contribution in [0.5, 0.6) is 0 Å². The van der Waals surface area contributed by atoms with Crippen molar-refractivity contribution in [3.63, 3.8) is 0 Å². The minimum Gasteiger partial charge on any atom is -0.463 e. The molecule has 24 heavy (non-hydrogen) atoms. The van der Waals surface area contributed by atoms with Crippen LogP contribution in [0.2, 0.25) is 0 Å². The summed E-state index contributed by atoms with van der Waals surface area (Å²) in [6, 6.07) is 7.60. The number of esters is 1. The van der Waals surface area contributed by atoms with Gasteiger partial charge in [0.15, 0.2) is 0 Å². The molecule has 1 N–H and O–H groups in total. The molecule has 0 aliphatic carbocycles. The van der Waals surface area contributed by atoms with Gasteiger partial charge in [-0.15, -0.1) is 0 Å². The van der Waals surface area contributed by atoms with Crippen LogP contribution in [0.1, 0.15) is 25.8 Å². The molecule has 2 atom stereocenters. The molecule has 1 aromatic rings. The van der Waals surface area contributed by atoms with Gasteiger partial charge in [-0.25, -0.2) is 0 Å². The third kappa shape index (κ3) is 5.04. The van der Waals surface area contributed by atoms with Gasteiger partial charge in [0.05, 0.1) is 18.6 Å². The van der Waals surface area contributed by atoms with Gasteiger partial charge in [-0.05, 0) is 32.9 Å². The summed E-state index contributed by atoms with van der Waals surface area (Å²) in [6.45, 7) is 6.00. The Bertz CT molecular complexity index is 569. The highest BCUT2D eigenvalue weighted by Crippen LogP contribution is 2.26.